The summed E-state index contributed by atoms with van der Waals surface area (Å²) in [6, 6.07) is 4.57. The Morgan fingerprint density at radius 2 is 2.22 bits per heavy atom. The number of carboxylic acids is 1. The number of nitrogens with zero attached hydrogens (tertiary/aromatic N) is 3. The van der Waals surface area contributed by atoms with E-state index in [-0.39, 0.29) is 12.2 Å². The largest absolute Gasteiger partial charge is 0.481 e. The molecule has 1 heterocycles. The van der Waals surface area contributed by atoms with Crippen molar-refractivity contribution in [1.29, 1.82) is 0 Å². The van der Waals surface area contributed by atoms with Gasteiger partial charge < -0.3 is 9.63 Å². The molecular formula is C15H17ClFN3O3. The minimum absolute atomic E-state index is 0.0589. The molecule has 8 heteroatoms. The van der Waals surface area contributed by atoms with Crippen LogP contribution in [0, 0.1) is 5.82 Å². The molecule has 0 aliphatic carbocycles. The SMILES string of the molecule is CN(Cc1noc(CCCC(=O)O)n1)Cc1c(F)cccc1Cl. The maximum Gasteiger partial charge on any atom is 0.303 e. The van der Waals surface area contributed by atoms with Gasteiger partial charge in [-0.05, 0) is 25.6 Å². The molecule has 1 aromatic carbocycles. The van der Waals surface area contributed by atoms with Gasteiger partial charge in [0, 0.05) is 30.0 Å². The number of rotatable bonds is 8. The van der Waals surface area contributed by atoms with Crippen molar-refractivity contribution >= 4 is 17.6 Å². The van der Waals surface area contributed by atoms with Crippen molar-refractivity contribution in [3.63, 3.8) is 0 Å². The van der Waals surface area contributed by atoms with Crippen molar-refractivity contribution < 1.29 is 18.8 Å². The Balaban J connectivity index is 1.89. The Bertz CT molecular complexity index is 657. The number of hydrogen-bond acceptors (Lipinski definition) is 5. The van der Waals surface area contributed by atoms with Gasteiger partial charge in [0.25, 0.3) is 0 Å². The average molecular weight is 342 g/mol. The maximum atomic E-state index is 13.7. The van der Waals surface area contributed by atoms with E-state index in [1.54, 1.807) is 19.2 Å². The Labute approximate surface area is 137 Å². The highest BCUT2D eigenvalue weighted by Gasteiger charge is 2.13. The fourth-order valence-electron chi connectivity index (χ4n) is 2.10. The number of carbonyl (C=O) groups is 1. The first-order chi connectivity index (χ1) is 11.0. The van der Waals surface area contributed by atoms with Gasteiger partial charge in [-0.25, -0.2) is 4.39 Å². The van der Waals surface area contributed by atoms with E-state index in [2.05, 4.69) is 10.1 Å². The maximum absolute atomic E-state index is 13.7. The van der Waals surface area contributed by atoms with Crippen molar-refractivity contribution in [2.24, 2.45) is 0 Å². The molecule has 0 spiro atoms. The van der Waals surface area contributed by atoms with Gasteiger partial charge in [-0.1, -0.05) is 22.8 Å². The molecule has 0 atom stereocenters. The highest BCUT2D eigenvalue weighted by atomic mass is 35.5. The zero-order valence-corrected chi connectivity index (χ0v) is 13.4. The molecule has 0 amide bonds. The van der Waals surface area contributed by atoms with Crippen LogP contribution in [-0.4, -0.2) is 33.2 Å². The van der Waals surface area contributed by atoms with Crippen LogP contribution in [0.3, 0.4) is 0 Å². The van der Waals surface area contributed by atoms with Gasteiger partial charge in [0.05, 0.1) is 6.54 Å². The molecular weight excluding hydrogens is 325 g/mol. The van der Waals surface area contributed by atoms with Crippen LogP contribution in [-0.2, 0) is 24.3 Å². The lowest BCUT2D eigenvalue weighted by molar-refractivity contribution is -0.137. The summed E-state index contributed by atoms with van der Waals surface area (Å²) in [6.07, 6.45) is 0.920. The molecule has 124 valence electrons. The fraction of sp³-hybridized carbons (Fsp3) is 0.400. The van der Waals surface area contributed by atoms with E-state index in [0.717, 1.165) is 0 Å². The fourth-order valence-corrected chi connectivity index (χ4v) is 2.32. The molecule has 0 radical (unpaired) electrons. The molecule has 2 rings (SSSR count). The number of aryl methyl sites for hydroxylation is 1. The van der Waals surface area contributed by atoms with E-state index in [1.165, 1.54) is 6.07 Å². The summed E-state index contributed by atoms with van der Waals surface area (Å²) >= 11 is 6.00. The third kappa shape index (κ3) is 5.30. The highest BCUT2D eigenvalue weighted by molar-refractivity contribution is 6.31. The van der Waals surface area contributed by atoms with Crippen molar-refractivity contribution in [1.82, 2.24) is 15.0 Å². The standard InChI is InChI=1S/C15H17ClFN3O3/c1-20(8-10-11(16)4-2-5-12(10)17)9-13-18-14(23-19-13)6-3-7-15(21)22/h2,4-5H,3,6-9H2,1H3,(H,21,22). The topological polar surface area (TPSA) is 79.5 Å². The monoisotopic (exact) mass is 341 g/mol. The molecule has 0 aliphatic heterocycles. The summed E-state index contributed by atoms with van der Waals surface area (Å²) in [5.41, 5.74) is 0.418. The van der Waals surface area contributed by atoms with Gasteiger partial charge in [0.2, 0.25) is 5.89 Å². The summed E-state index contributed by atoms with van der Waals surface area (Å²) in [7, 11) is 1.79. The molecule has 0 unspecified atom stereocenters. The number of aromatic nitrogens is 2. The minimum Gasteiger partial charge on any atom is -0.481 e. The second kappa shape index (κ2) is 8.03. The van der Waals surface area contributed by atoms with Gasteiger partial charge in [0.1, 0.15) is 5.82 Å². The van der Waals surface area contributed by atoms with Gasteiger partial charge in [-0.15, -0.1) is 0 Å². The summed E-state index contributed by atoms with van der Waals surface area (Å²) in [4.78, 5) is 16.5. The van der Waals surface area contributed by atoms with E-state index in [1.807, 2.05) is 4.90 Å². The molecule has 1 aromatic heterocycles. The molecule has 0 fully saturated rings. The Hall–Kier alpha value is -1.99. The van der Waals surface area contributed by atoms with Crippen LogP contribution in [0.2, 0.25) is 5.02 Å². The summed E-state index contributed by atoms with van der Waals surface area (Å²) < 4.78 is 18.8. The van der Waals surface area contributed by atoms with Crippen LogP contribution < -0.4 is 0 Å². The molecule has 0 saturated carbocycles. The predicted molar refractivity (Wildman–Crippen MR) is 81.5 cm³/mol. The Kier molecular flexibility index (Phi) is 6.06. The average Bonchev–Trinajstić information content (AvgIpc) is 2.90. The molecule has 0 bridgehead atoms. The number of hydrogen-bond donors (Lipinski definition) is 1. The van der Waals surface area contributed by atoms with Crippen LogP contribution in [0.4, 0.5) is 4.39 Å². The summed E-state index contributed by atoms with van der Waals surface area (Å²) in [6.45, 7) is 0.682. The molecule has 2 aromatic rings. The lowest BCUT2D eigenvalue weighted by atomic mass is 10.2. The second-order valence-corrected chi connectivity index (χ2v) is 5.63. The van der Waals surface area contributed by atoms with Crippen molar-refractivity contribution in [2.45, 2.75) is 32.4 Å². The van der Waals surface area contributed by atoms with E-state index in [4.69, 9.17) is 21.2 Å². The van der Waals surface area contributed by atoms with E-state index in [9.17, 15) is 9.18 Å². The lowest BCUT2D eigenvalue weighted by Crippen LogP contribution is -2.19. The quantitative estimate of drug-likeness (QED) is 0.795. The van der Waals surface area contributed by atoms with Crippen LogP contribution in [0.5, 0.6) is 0 Å². The lowest BCUT2D eigenvalue weighted by Gasteiger charge is -2.15. The van der Waals surface area contributed by atoms with E-state index in [0.29, 0.717) is 48.2 Å². The third-order valence-corrected chi connectivity index (χ3v) is 3.55. The normalized spacial score (nSPS) is 11.1. The van der Waals surface area contributed by atoms with Crippen LogP contribution in [0.15, 0.2) is 22.7 Å². The van der Waals surface area contributed by atoms with Crippen LogP contribution >= 0.6 is 11.6 Å². The van der Waals surface area contributed by atoms with Crippen molar-refractivity contribution in [2.75, 3.05) is 7.05 Å². The Morgan fingerprint density at radius 1 is 1.43 bits per heavy atom. The Morgan fingerprint density at radius 3 is 2.91 bits per heavy atom. The first-order valence-electron chi connectivity index (χ1n) is 7.10. The van der Waals surface area contributed by atoms with Gasteiger partial charge in [-0.2, -0.15) is 4.98 Å². The zero-order chi connectivity index (χ0) is 16.8. The number of aliphatic carboxylic acids is 1. The van der Waals surface area contributed by atoms with Crippen LogP contribution in [0.1, 0.15) is 30.1 Å². The first kappa shape index (κ1) is 17.4. The highest BCUT2D eigenvalue weighted by Crippen LogP contribution is 2.20. The molecule has 1 N–H and O–H groups in total. The predicted octanol–water partition coefficient (Wildman–Crippen LogP) is 2.90. The molecule has 0 aliphatic rings. The minimum atomic E-state index is -0.855. The second-order valence-electron chi connectivity index (χ2n) is 5.22. The molecule has 6 nitrogen and oxygen atoms in total. The first-order valence-corrected chi connectivity index (χ1v) is 7.48. The van der Waals surface area contributed by atoms with Gasteiger partial charge in [0.15, 0.2) is 5.82 Å². The van der Waals surface area contributed by atoms with Crippen molar-refractivity contribution in [3.05, 3.63) is 46.3 Å². The van der Waals surface area contributed by atoms with E-state index < -0.39 is 5.97 Å². The third-order valence-electron chi connectivity index (χ3n) is 3.19. The number of halogens is 2. The molecule has 23 heavy (non-hydrogen) atoms. The summed E-state index contributed by atoms with van der Waals surface area (Å²) in [5.74, 6) is -0.345. The van der Waals surface area contributed by atoms with E-state index >= 15 is 0 Å². The number of benzene rings is 1. The van der Waals surface area contributed by atoms with Crippen LogP contribution in [0.25, 0.3) is 0 Å². The summed E-state index contributed by atoms with van der Waals surface area (Å²) in [5, 5.41) is 12.8. The van der Waals surface area contributed by atoms with Crippen molar-refractivity contribution in [3.8, 4) is 0 Å². The smallest absolute Gasteiger partial charge is 0.303 e. The molecule has 0 saturated heterocycles. The van der Waals surface area contributed by atoms with Gasteiger partial charge in [-0.3, -0.25) is 9.69 Å². The number of carboxylic acid groups (broad SMARTS) is 1. The zero-order valence-electron chi connectivity index (χ0n) is 12.6. The van der Waals surface area contributed by atoms with Gasteiger partial charge >= 0.3 is 5.97 Å².